The van der Waals surface area contributed by atoms with Crippen molar-refractivity contribution in [2.24, 2.45) is 0 Å². The maximum atomic E-state index is 11.6. The van der Waals surface area contributed by atoms with Crippen LogP contribution < -0.4 is 10.5 Å². The fourth-order valence-electron chi connectivity index (χ4n) is 1.13. The molecule has 0 bridgehead atoms. The van der Waals surface area contributed by atoms with Crippen LogP contribution in [0.4, 0.5) is 11.4 Å². The van der Waals surface area contributed by atoms with E-state index in [4.69, 9.17) is 11.0 Å². The van der Waals surface area contributed by atoms with E-state index >= 15 is 0 Å². The van der Waals surface area contributed by atoms with Crippen molar-refractivity contribution in [3.8, 4) is 6.07 Å². The van der Waals surface area contributed by atoms with Gasteiger partial charge in [0.05, 0.1) is 17.4 Å². The predicted molar refractivity (Wildman–Crippen MR) is 63.2 cm³/mol. The van der Waals surface area contributed by atoms with Crippen molar-refractivity contribution in [1.82, 2.24) is 0 Å². The lowest BCUT2D eigenvalue weighted by Gasteiger charge is -2.13. The fourth-order valence-corrected chi connectivity index (χ4v) is 2.01. The molecule has 1 atom stereocenters. The molecule has 0 amide bonds. The molecule has 0 aliphatic carbocycles. The Labute approximate surface area is 94.9 Å². The summed E-state index contributed by atoms with van der Waals surface area (Å²) in [5.74, 6) is 0. The number of aryl methyl sites for hydroxylation is 1. The number of nitrogen functional groups attached to an aromatic ring is 1. The van der Waals surface area contributed by atoms with Crippen molar-refractivity contribution in [2.75, 3.05) is 10.5 Å². The van der Waals surface area contributed by atoms with E-state index in [1.54, 1.807) is 31.2 Å². The number of benzene rings is 1. The van der Waals surface area contributed by atoms with Crippen LogP contribution in [0.3, 0.4) is 0 Å². The van der Waals surface area contributed by atoms with E-state index in [0.29, 0.717) is 16.9 Å². The van der Waals surface area contributed by atoms with E-state index in [2.05, 4.69) is 4.72 Å². The normalized spacial score (nSPS) is 12.8. The Morgan fingerprint density at radius 1 is 1.50 bits per heavy atom. The first-order valence-electron chi connectivity index (χ1n) is 4.65. The van der Waals surface area contributed by atoms with Gasteiger partial charge >= 0.3 is 0 Å². The highest BCUT2D eigenvalue weighted by atomic mass is 32.2. The van der Waals surface area contributed by atoms with Crippen LogP contribution in [-0.2, 0) is 10.0 Å². The summed E-state index contributed by atoms with van der Waals surface area (Å²) in [5.41, 5.74) is 7.06. The van der Waals surface area contributed by atoms with Crippen LogP contribution in [0.15, 0.2) is 18.2 Å². The molecule has 86 valence electrons. The summed E-state index contributed by atoms with van der Waals surface area (Å²) in [7, 11) is -3.70. The molecule has 0 aliphatic rings. The van der Waals surface area contributed by atoms with Crippen LogP contribution in [0, 0.1) is 18.3 Å². The predicted octanol–water partition coefficient (Wildman–Crippen LogP) is 1.23. The Kier molecular flexibility index (Phi) is 3.40. The molecule has 0 saturated heterocycles. The van der Waals surface area contributed by atoms with Crippen molar-refractivity contribution in [2.45, 2.75) is 19.1 Å². The Hall–Kier alpha value is -1.74. The second kappa shape index (κ2) is 4.41. The summed E-state index contributed by atoms with van der Waals surface area (Å²) in [6.07, 6.45) is 0. The van der Waals surface area contributed by atoms with Crippen LogP contribution in [0.25, 0.3) is 0 Å². The number of para-hydroxylation sites is 1. The fraction of sp³-hybridized carbons (Fsp3) is 0.300. The molecule has 1 unspecified atom stereocenters. The van der Waals surface area contributed by atoms with Gasteiger partial charge in [-0.1, -0.05) is 12.1 Å². The smallest absolute Gasteiger partial charge is 0.248 e. The topological polar surface area (TPSA) is 96.0 Å². The third kappa shape index (κ3) is 2.44. The second-order valence-corrected chi connectivity index (χ2v) is 5.46. The summed E-state index contributed by atoms with van der Waals surface area (Å²) >= 11 is 0. The van der Waals surface area contributed by atoms with Crippen molar-refractivity contribution in [3.63, 3.8) is 0 Å². The highest BCUT2D eigenvalue weighted by Gasteiger charge is 2.21. The average molecular weight is 239 g/mol. The van der Waals surface area contributed by atoms with E-state index in [1.165, 1.54) is 6.92 Å². The molecule has 0 aliphatic heterocycles. The van der Waals surface area contributed by atoms with Gasteiger partial charge in [-0.15, -0.1) is 0 Å². The first-order chi connectivity index (χ1) is 7.38. The van der Waals surface area contributed by atoms with Gasteiger partial charge in [-0.3, -0.25) is 4.72 Å². The van der Waals surface area contributed by atoms with Crippen LogP contribution in [0.5, 0.6) is 0 Å². The van der Waals surface area contributed by atoms with Gasteiger partial charge < -0.3 is 5.73 Å². The lowest BCUT2D eigenvalue weighted by Crippen LogP contribution is -2.24. The largest absolute Gasteiger partial charge is 0.397 e. The molecule has 6 heteroatoms. The number of rotatable bonds is 3. The molecular formula is C10H13N3O2S. The van der Waals surface area contributed by atoms with Gasteiger partial charge in [-0.25, -0.2) is 8.42 Å². The van der Waals surface area contributed by atoms with E-state index < -0.39 is 15.3 Å². The first-order valence-corrected chi connectivity index (χ1v) is 6.19. The van der Waals surface area contributed by atoms with Gasteiger partial charge in [0.1, 0.15) is 0 Å². The number of nitrogens with two attached hydrogens (primary N) is 1. The third-order valence-corrected chi connectivity index (χ3v) is 3.72. The van der Waals surface area contributed by atoms with Crippen LogP contribution in [-0.4, -0.2) is 13.7 Å². The minimum atomic E-state index is -3.70. The summed E-state index contributed by atoms with van der Waals surface area (Å²) in [6.45, 7) is 3.06. The number of nitriles is 1. The number of hydrogen-bond acceptors (Lipinski definition) is 4. The molecule has 1 aromatic rings. The zero-order valence-corrected chi connectivity index (χ0v) is 9.88. The van der Waals surface area contributed by atoms with Gasteiger partial charge in [0.2, 0.25) is 10.0 Å². The van der Waals surface area contributed by atoms with Gasteiger partial charge in [0.15, 0.2) is 5.25 Å². The zero-order valence-electron chi connectivity index (χ0n) is 9.06. The molecule has 16 heavy (non-hydrogen) atoms. The van der Waals surface area contributed by atoms with Gasteiger partial charge in [-0.2, -0.15) is 5.26 Å². The molecule has 3 N–H and O–H groups in total. The van der Waals surface area contributed by atoms with E-state index in [9.17, 15) is 8.42 Å². The zero-order chi connectivity index (χ0) is 12.3. The molecule has 5 nitrogen and oxygen atoms in total. The summed E-state index contributed by atoms with van der Waals surface area (Å²) in [4.78, 5) is 0. The monoisotopic (exact) mass is 239 g/mol. The number of anilines is 2. The second-order valence-electron chi connectivity index (χ2n) is 3.46. The first kappa shape index (κ1) is 12.3. The molecule has 0 radical (unpaired) electrons. The Morgan fingerprint density at radius 3 is 2.62 bits per heavy atom. The maximum Gasteiger partial charge on any atom is 0.248 e. The quantitative estimate of drug-likeness (QED) is 0.775. The molecule has 0 fully saturated rings. The summed E-state index contributed by atoms with van der Waals surface area (Å²) in [6, 6.07) is 6.75. The lowest BCUT2D eigenvalue weighted by molar-refractivity contribution is 0.597. The highest BCUT2D eigenvalue weighted by molar-refractivity contribution is 7.93. The molecule has 0 aromatic heterocycles. The SMILES string of the molecule is Cc1cccc(N)c1NS(=O)(=O)C(C)C#N. The Morgan fingerprint density at radius 2 is 2.12 bits per heavy atom. The maximum absolute atomic E-state index is 11.6. The number of sulfonamides is 1. The third-order valence-electron chi connectivity index (χ3n) is 2.20. The van der Waals surface area contributed by atoms with E-state index in [0.717, 1.165) is 0 Å². The highest BCUT2D eigenvalue weighted by Crippen LogP contribution is 2.24. The van der Waals surface area contributed by atoms with Crippen molar-refractivity contribution in [3.05, 3.63) is 23.8 Å². The Balaban J connectivity index is 3.12. The van der Waals surface area contributed by atoms with E-state index in [1.807, 2.05) is 0 Å². The summed E-state index contributed by atoms with van der Waals surface area (Å²) in [5, 5.41) is 7.47. The Bertz CT molecular complexity index is 511. The molecule has 1 aromatic carbocycles. The van der Waals surface area contributed by atoms with Crippen LogP contribution in [0.1, 0.15) is 12.5 Å². The molecule has 0 saturated carbocycles. The van der Waals surface area contributed by atoms with Crippen molar-refractivity contribution in [1.29, 1.82) is 5.26 Å². The standard InChI is InChI=1S/C10H13N3O2S/c1-7-4-3-5-9(12)10(7)13-16(14,15)8(2)6-11/h3-5,8,13H,12H2,1-2H3. The van der Waals surface area contributed by atoms with Crippen molar-refractivity contribution >= 4 is 21.4 Å². The van der Waals surface area contributed by atoms with Gasteiger partial charge in [-0.05, 0) is 25.5 Å². The minimum absolute atomic E-state index is 0.338. The molecule has 1 rings (SSSR count). The minimum Gasteiger partial charge on any atom is -0.397 e. The number of nitrogens with one attached hydrogen (secondary N) is 1. The summed E-state index contributed by atoms with van der Waals surface area (Å²) < 4.78 is 25.6. The van der Waals surface area contributed by atoms with Crippen molar-refractivity contribution < 1.29 is 8.42 Å². The van der Waals surface area contributed by atoms with Crippen LogP contribution in [0.2, 0.25) is 0 Å². The van der Waals surface area contributed by atoms with Gasteiger partial charge in [0, 0.05) is 0 Å². The number of nitrogens with zero attached hydrogens (tertiary/aromatic N) is 1. The van der Waals surface area contributed by atoms with Gasteiger partial charge in [0.25, 0.3) is 0 Å². The van der Waals surface area contributed by atoms with Crippen LogP contribution >= 0.6 is 0 Å². The molecule has 0 heterocycles. The molecule has 0 spiro atoms. The molecular weight excluding hydrogens is 226 g/mol. The average Bonchev–Trinajstić information content (AvgIpc) is 2.22. The number of hydrogen-bond donors (Lipinski definition) is 2. The lowest BCUT2D eigenvalue weighted by atomic mass is 10.2. The van der Waals surface area contributed by atoms with E-state index in [-0.39, 0.29) is 0 Å².